The number of halogens is 3. The second-order valence-corrected chi connectivity index (χ2v) is 5.76. The molecule has 0 fully saturated rings. The number of nitrogens with zero attached hydrogens (tertiary/aromatic N) is 1. The highest BCUT2D eigenvalue weighted by Gasteiger charge is 2.40. The average Bonchev–Trinajstić information content (AvgIpc) is 2.36. The molecule has 0 aliphatic carbocycles. The molecule has 22 heavy (non-hydrogen) atoms. The summed E-state index contributed by atoms with van der Waals surface area (Å²) < 4.78 is 69.1. The highest BCUT2D eigenvalue weighted by Crippen LogP contribution is 2.23. The van der Waals surface area contributed by atoms with Gasteiger partial charge in [0.25, 0.3) is 0 Å². The van der Waals surface area contributed by atoms with E-state index in [0.717, 1.165) is 6.07 Å². The Bertz CT molecular complexity index is 899. The summed E-state index contributed by atoms with van der Waals surface area (Å²) in [7, 11) is -4.26. The molecule has 0 radical (unpaired) electrons. The first kappa shape index (κ1) is 16.0. The van der Waals surface area contributed by atoms with Gasteiger partial charge in [-0.15, -0.1) is 0 Å². The minimum Gasteiger partial charge on any atom is -0.422 e. The molecule has 0 atom stereocenters. The van der Waals surface area contributed by atoms with Crippen molar-refractivity contribution in [3.63, 3.8) is 0 Å². The van der Waals surface area contributed by atoms with Gasteiger partial charge >= 0.3 is 21.9 Å². The topological polar surface area (TPSA) is 85.9 Å². The fraction of sp³-hybridized carbons (Fsp3) is 0.167. The molecule has 1 aromatic carbocycles. The van der Waals surface area contributed by atoms with Crippen molar-refractivity contribution in [2.45, 2.75) is 6.18 Å². The lowest BCUT2D eigenvalue weighted by molar-refractivity contribution is -0.0598. The molecule has 6 nitrogen and oxygen atoms in total. The van der Waals surface area contributed by atoms with E-state index in [1.807, 2.05) is 0 Å². The van der Waals surface area contributed by atoms with Gasteiger partial charge in [-0.05, 0) is 12.1 Å². The van der Waals surface area contributed by atoms with Crippen LogP contribution in [0.1, 0.15) is 5.56 Å². The van der Waals surface area contributed by atoms with Gasteiger partial charge in [0.05, 0.1) is 11.8 Å². The van der Waals surface area contributed by atoms with E-state index in [1.165, 1.54) is 24.3 Å². The molecule has 0 N–H and O–H groups in total. The van der Waals surface area contributed by atoms with E-state index in [4.69, 9.17) is 4.42 Å². The van der Waals surface area contributed by atoms with Gasteiger partial charge in [-0.3, -0.25) is 4.28 Å². The Morgan fingerprint density at radius 3 is 2.50 bits per heavy atom. The van der Waals surface area contributed by atoms with E-state index in [9.17, 15) is 26.4 Å². The molecule has 0 bridgehead atoms. The fourth-order valence-electron chi connectivity index (χ4n) is 1.59. The molecule has 10 heteroatoms. The third-order valence-corrected chi connectivity index (χ3v) is 2.77. The van der Waals surface area contributed by atoms with Crippen LogP contribution in [0, 0.1) is 0 Å². The maximum absolute atomic E-state index is 13.0. The van der Waals surface area contributed by atoms with Crippen molar-refractivity contribution in [3.05, 3.63) is 46.3 Å². The highest BCUT2D eigenvalue weighted by molar-refractivity contribution is 7.85. The molecule has 0 unspecified atom stereocenters. The first-order chi connectivity index (χ1) is 10.1. The van der Waals surface area contributed by atoms with Gasteiger partial charge < -0.3 is 4.42 Å². The molecule has 0 amide bonds. The molecule has 0 saturated carbocycles. The lowest BCUT2D eigenvalue weighted by Crippen LogP contribution is -2.29. The molecular formula is C12H8F3NO5S. The van der Waals surface area contributed by atoms with Crippen LogP contribution in [-0.2, 0) is 14.4 Å². The van der Waals surface area contributed by atoms with Crippen LogP contribution in [0.5, 0.6) is 0 Å². The second-order valence-electron chi connectivity index (χ2n) is 4.20. The lowest BCUT2D eigenvalue weighted by atomic mass is 10.1. The van der Waals surface area contributed by atoms with Gasteiger partial charge in [-0.25, -0.2) is 4.79 Å². The Labute approximate surface area is 121 Å². The normalized spacial score (nSPS) is 13.4. The van der Waals surface area contributed by atoms with Crippen molar-refractivity contribution < 1.29 is 30.3 Å². The van der Waals surface area contributed by atoms with E-state index in [0.29, 0.717) is 6.26 Å². The van der Waals surface area contributed by atoms with Crippen LogP contribution in [0.3, 0.4) is 0 Å². The molecule has 2 aromatic rings. The number of para-hydroxylation sites is 1. The number of benzene rings is 1. The standard InChI is InChI=1S/C12H8F3NO5S/c1-22(18,19)21-16-10(12(13,14)15)8-6-7-4-2-3-5-9(7)20-11(8)17/h2-6H,1H3/b16-10+. The molecule has 2 rings (SSSR count). The van der Waals surface area contributed by atoms with Crippen LogP contribution in [-0.4, -0.2) is 26.6 Å². The van der Waals surface area contributed by atoms with Crippen LogP contribution < -0.4 is 5.63 Å². The zero-order chi connectivity index (χ0) is 16.5. The van der Waals surface area contributed by atoms with Crippen LogP contribution in [0.2, 0.25) is 0 Å². The van der Waals surface area contributed by atoms with Gasteiger partial charge in [-0.1, -0.05) is 23.4 Å². The summed E-state index contributed by atoms with van der Waals surface area (Å²) in [6.45, 7) is 0. The zero-order valence-corrected chi connectivity index (χ0v) is 11.7. The van der Waals surface area contributed by atoms with Crippen LogP contribution in [0.15, 0.2) is 44.7 Å². The summed E-state index contributed by atoms with van der Waals surface area (Å²) in [4.78, 5) is 11.7. The van der Waals surface area contributed by atoms with Crippen LogP contribution in [0.25, 0.3) is 11.0 Å². The Balaban J connectivity index is 2.67. The first-order valence-corrected chi connectivity index (χ1v) is 7.46. The van der Waals surface area contributed by atoms with Crippen molar-refractivity contribution in [1.82, 2.24) is 0 Å². The summed E-state index contributed by atoms with van der Waals surface area (Å²) >= 11 is 0. The Kier molecular flexibility index (Phi) is 3.96. The summed E-state index contributed by atoms with van der Waals surface area (Å²) in [5.74, 6) is 0. The fourth-order valence-corrected chi connectivity index (χ4v) is 1.80. The second kappa shape index (κ2) is 5.44. The molecular weight excluding hydrogens is 327 g/mol. The molecule has 0 aliphatic heterocycles. The molecule has 0 saturated heterocycles. The van der Waals surface area contributed by atoms with Crippen LogP contribution in [0.4, 0.5) is 13.2 Å². The largest absolute Gasteiger partial charge is 0.437 e. The SMILES string of the molecule is CS(=O)(=O)O/N=C(\c1cc2ccccc2oc1=O)C(F)(F)F. The van der Waals surface area contributed by atoms with Gasteiger partial charge in [0.15, 0.2) is 5.71 Å². The van der Waals surface area contributed by atoms with E-state index in [2.05, 4.69) is 9.44 Å². The summed E-state index contributed by atoms with van der Waals surface area (Å²) in [5.41, 5.74) is -3.97. The first-order valence-electron chi connectivity index (χ1n) is 5.65. The van der Waals surface area contributed by atoms with Gasteiger partial charge in [0.1, 0.15) is 5.58 Å². The highest BCUT2D eigenvalue weighted by atomic mass is 32.2. The third kappa shape index (κ3) is 3.64. The minimum absolute atomic E-state index is 0.0850. The van der Waals surface area contributed by atoms with Crippen molar-refractivity contribution in [2.75, 3.05) is 6.26 Å². The monoisotopic (exact) mass is 335 g/mol. The van der Waals surface area contributed by atoms with Crippen LogP contribution >= 0.6 is 0 Å². The number of alkyl halides is 3. The number of oxime groups is 1. The average molecular weight is 335 g/mol. The molecule has 118 valence electrons. The molecule has 0 aliphatic rings. The van der Waals surface area contributed by atoms with Gasteiger partial charge in [-0.2, -0.15) is 21.6 Å². The van der Waals surface area contributed by atoms with Crippen molar-refractivity contribution in [1.29, 1.82) is 0 Å². The summed E-state index contributed by atoms with van der Waals surface area (Å²) in [6.07, 6.45) is -4.59. The predicted octanol–water partition coefficient (Wildman–Crippen LogP) is 2.04. The minimum atomic E-state index is -5.11. The van der Waals surface area contributed by atoms with E-state index < -0.39 is 33.2 Å². The summed E-state index contributed by atoms with van der Waals surface area (Å²) in [5, 5.41) is 2.76. The van der Waals surface area contributed by atoms with Gasteiger partial charge in [0.2, 0.25) is 0 Å². The smallest absolute Gasteiger partial charge is 0.422 e. The lowest BCUT2D eigenvalue weighted by Gasteiger charge is -2.09. The summed E-state index contributed by atoms with van der Waals surface area (Å²) in [6, 6.07) is 6.80. The number of fused-ring (bicyclic) bond motifs is 1. The molecule has 1 aromatic heterocycles. The zero-order valence-electron chi connectivity index (χ0n) is 10.9. The number of hydrogen-bond donors (Lipinski definition) is 0. The Morgan fingerprint density at radius 1 is 1.27 bits per heavy atom. The number of hydrogen-bond acceptors (Lipinski definition) is 6. The van der Waals surface area contributed by atoms with E-state index in [1.54, 1.807) is 0 Å². The van der Waals surface area contributed by atoms with E-state index >= 15 is 0 Å². The third-order valence-electron chi connectivity index (χ3n) is 2.43. The quantitative estimate of drug-likeness (QED) is 0.487. The van der Waals surface area contributed by atoms with Gasteiger partial charge in [0, 0.05) is 5.39 Å². The Hall–Kier alpha value is -2.36. The van der Waals surface area contributed by atoms with E-state index in [-0.39, 0.29) is 11.0 Å². The van der Waals surface area contributed by atoms with Crippen molar-refractivity contribution in [2.24, 2.45) is 5.16 Å². The molecule has 1 heterocycles. The predicted molar refractivity (Wildman–Crippen MR) is 71.0 cm³/mol. The Morgan fingerprint density at radius 2 is 1.91 bits per heavy atom. The van der Waals surface area contributed by atoms with Crippen molar-refractivity contribution >= 4 is 26.8 Å². The van der Waals surface area contributed by atoms with Crippen molar-refractivity contribution in [3.8, 4) is 0 Å². The molecule has 0 spiro atoms. The maximum atomic E-state index is 13.0. The maximum Gasteiger partial charge on any atom is 0.437 e. The number of rotatable bonds is 3.